The fourth-order valence-electron chi connectivity index (χ4n) is 2.80. The summed E-state index contributed by atoms with van der Waals surface area (Å²) in [5.41, 5.74) is 8.62. The van der Waals surface area contributed by atoms with E-state index in [1.807, 2.05) is 32.2 Å². The lowest BCUT2D eigenvalue weighted by Gasteiger charge is -2.18. The Kier molecular flexibility index (Phi) is 5.96. The first-order valence-corrected chi connectivity index (χ1v) is 8.94. The molecule has 1 atom stereocenters. The molecule has 2 aromatic carbocycles. The molecule has 0 bridgehead atoms. The Hall–Kier alpha value is -3.32. The van der Waals surface area contributed by atoms with Gasteiger partial charge in [-0.15, -0.1) is 0 Å². The van der Waals surface area contributed by atoms with Crippen molar-refractivity contribution in [3.8, 4) is 22.8 Å². The van der Waals surface area contributed by atoms with Crippen molar-refractivity contribution < 1.29 is 14.3 Å². The van der Waals surface area contributed by atoms with Crippen molar-refractivity contribution in [3.05, 3.63) is 60.3 Å². The molecule has 1 amide bonds. The highest BCUT2D eigenvalue weighted by Gasteiger charge is 2.17. The number of carbonyl (C=O) groups excluding carboxylic acids is 1. The Labute approximate surface area is 164 Å². The van der Waals surface area contributed by atoms with Gasteiger partial charge in [0.25, 0.3) is 5.91 Å². The van der Waals surface area contributed by atoms with Gasteiger partial charge >= 0.3 is 0 Å². The third-order valence-corrected chi connectivity index (χ3v) is 4.18. The van der Waals surface area contributed by atoms with Gasteiger partial charge in [-0.1, -0.05) is 12.1 Å². The fourth-order valence-corrected chi connectivity index (χ4v) is 2.80. The third-order valence-electron chi connectivity index (χ3n) is 4.18. The smallest absolute Gasteiger partial charge is 0.255 e. The van der Waals surface area contributed by atoms with Gasteiger partial charge < -0.3 is 20.5 Å². The van der Waals surface area contributed by atoms with Crippen LogP contribution in [0.5, 0.6) is 11.5 Å². The number of nitrogens with zero attached hydrogens (tertiary/aromatic N) is 2. The molecular weight excluding hydrogens is 356 g/mol. The number of ether oxygens (including phenoxy) is 2. The largest absolute Gasteiger partial charge is 0.497 e. The minimum Gasteiger partial charge on any atom is -0.497 e. The maximum atomic E-state index is 12.8. The Morgan fingerprint density at radius 3 is 2.71 bits per heavy atom. The van der Waals surface area contributed by atoms with E-state index < -0.39 is 0 Å². The third kappa shape index (κ3) is 4.32. The summed E-state index contributed by atoms with van der Waals surface area (Å²) in [5, 5.41) is 7.16. The monoisotopic (exact) mass is 380 g/mol. The molecule has 0 saturated carbocycles. The van der Waals surface area contributed by atoms with Crippen LogP contribution in [0.15, 0.2) is 54.7 Å². The summed E-state index contributed by atoms with van der Waals surface area (Å²) in [6.07, 6.45) is 1.71. The summed E-state index contributed by atoms with van der Waals surface area (Å²) < 4.78 is 12.9. The summed E-state index contributed by atoms with van der Waals surface area (Å²) in [5.74, 6) is 0.913. The van der Waals surface area contributed by atoms with Crippen molar-refractivity contribution in [3.63, 3.8) is 0 Å². The number of aromatic nitrogens is 2. The van der Waals surface area contributed by atoms with Crippen LogP contribution in [-0.2, 0) is 7.05 Å². The summed E-state index contributed by atoms with van der Waals surface area (Å²) in [7, 11) is 3.42. The highest BCUT2D eigenvalue weighted by molar-refractivity contribution is 6.05. The molecule has 0 fully saturated rings. The van der Waals surface area contributed by atoms with Gasteiger partial charge in [0.15, 0.2) is 5.75 Å². The number of carbonyl (C=O) groups is 1. The lowest BCUT2D eigenvalue weighted by atomic mass is 10.1. The Bertz CT molecular complexity index is 966. The maximum Gasteiger partial charge on any atom is 0.255 e. The van der Waals surface area contributed by atoms with Gasteiger partial charge in [-0.05, 0) is 43.3 Å². The van der Waals surface area contributed by atoms with Gasteiger partial charge in [0, 0.05) is 30.4 Å². The molecule has 0 aliphatic carbocycles. The highest BCUT2D eigenvalue weighted by atomic mass is 16.5. The van der Waals surface area contributed by atoms with E-state index in [1.54, 1.807) is 48.3 Å². The van der Waals surface area contributed by atoms with Gasteiger partial charge in [0.2, 0.25) is 0 Å². The van der Waals surface area contributed by atoms with Gasteiger partial charge in [0.1, 0.15) is 12.4 Å². The SMILES string of the molecule is COc1cccc(C(=O)Nc2cccc(-c3ccnn3C)c2OCC(C)N)c1. The Balaban J connectivity index is 1.97. The van der Waals surface area contributed by atoms with Gasteiger partial charge in [0.05, 0.1) is 18.5 Å². The zero-order chi connectivity index (χ0) is 20.1. The molecule has 1 heterocycles. The van der Waals surface area contributed by atoms with Crippen LogP contribution in [0.1, 0.15) is 17.3 Å². The minimum atomic E-state index is -0.258. The molecule has 0 aliphatic rings. The summed E-state index contributed by atoms with van der Waals surface area (Å²) in [6.45, 7) is 2.18. The molecule has 0 spiro atoms. The lowest BCUT2D eigenvalue weighted by molar-refractivity contribution is 0.102. The number of hydrogen-bond acceptors (Lipinski definition) is 5. The Morgan fingerprint density at radius 1 is 1.25 bits per heavy atom. The molecule has 7 nitrogen and oxygen atoms in total. The highest BCUT2D eigenvalue weighted by Crippen LogP contribution is 2.36. The van der Waals surface area contributed by atoms with Gasteiger partial charge in [-0.25, -0.2) is 0 Å². The first-order valence-electron chi connectivity index (χ1n) is 8.94. The topological polar surface area (TPSA) is 91.4 Å². The second kappa shape index (κ2) is 8.58. The van der Waals surface area contributed by atoms with Crippen LogP contribution in [-0.4, -0.2) is 35.4 Å². The molecule has 146 valence electrons. The lowest BCUT2D eigenvalue weighted by Crippen LogP contribution is -2.24. The van der Waals surface area contributed by atoms with Crippen LogP contribution in [0.4, 0.5) is 5.69 Å². The van der Waals surface area contributed by atoms with E-state index in [0.717, 1.165) is 11.3 Å². The number of rotatable bonds is 7. The zero-order valence-corrected chi connectivity index (χ0v) is 16.2. The number of para-hydroxylation sites is 1. The van der Waals surface area contributed by atoms with E-state index in [4.69, 9.17) is 15.2 Å². The number of nitrogens with one attached hydrogen (secondary N) is 1. The van der Waals surface area contributed by atoms with Crippen LogP contribution >= 0.6 is 0 Å². The summed E-state index contributed by atoms with van der Waals surface area (Å²) >= 11 is 0. The standard InChI is InChI=1S/C21H24N4O3/c1-14(22)13-28-20-17(19-10-11-23-25(19)2)8-5-9-18(20)24-21(26)15-6-4-7-16(12-15)27-3/h4-12,14H,13,22H2,1-3H3,(H,24,26). The van der Waals surface area contributed by atoms with Crippen molar-refractivity contribution in [2.45, 2.75) is 13.0 Å². The van der Waals surface area contributed by atoms with Crippen LogP contribution in [0, 0.1) is 0 Å². The van der Waals surface area contributed by atoms with E-state index in [1.165, 1.54) is 0 Å². The first-order chi connectivity index (χ1) is 13.5. The minimum absolute atomic E-state index is 0.151. The number of amides is 1. The fraction of sp³-hybridized carbons (Fsp3) is 0.238. The van der Waals surface area contributed by atoms with Crippen LogP contribution < -0.4 is 20.5 Å². The molecule has 3 N–H and O–H groups in total. The molecule has 3 aromatic rings. The Morgan fingerprint density at radius 2 is 2.04 bits per heavy atom. The number of nitrogens with two attached hydrogens (primary N) is 1. The van der Waals surface area contributed by atoms with Gasteiger partial charge in [-0.2, -0.15) is 5.10 Å². The van der Waals surface area contributed by atoms with Crippen molar-refractivity contribution in [1.29, 1.82) is 0 Å². The van der Waals surface area contributed by atoms with Crippen LogP contribution in [0.25, 0.3) is 11.3 Å². The van der Waals surface area contributed by atoms with Crippen LogP contribution in [0.3, 0.4) is 0 Å². The number of benzene rings is 2. The molecule has 1 aromatic heterocycles. The molecule has 7 heteroatoms. The van der Waals surface area contributed by atoms with Crippen molar-refractivity contribution >= 4 is 11.6 Å². The second-order valence-electron chi connectivity index (χ2n) is 6.50. The first kappa shape index (κ1) is 19.4. The average Bonchev–Trinajstić information content (AvgIpc) is 3.12. The molecular formula is C21H24N4O3. The number of anilines is 1. The molecule has 0 saturated heterocycles. The summed E-state index contributed by atoms with van der Waals surface area (Å²) in [4.78, 5) is 12.8. The van der Waals surface area contributed by atoms with Gasteiger partial charge in [-0.3, -0.25) is 9.48 Å². The zero-order valence-electron chi connectivity index (χ0n) is 16.2. The quantitative estimate of drug-likeness (QED) is 0.657. The molecule has 0 radical (unpaired) electrons. The van der Waals surface area contributed by atoms with E-state index >= 15 is 0 Å². The number of methoxy groups -OCH3 is 1. The second-order valence-corrected chi connectivity index (χ2v) is 6.50. The van der Waals surface area contributed by atoms with E-state index in [0.29, 0.717) is 29.4 Å². The summed E-state index contributed by atoms with van der Waals surface area (Å²) in [6, 6.07) is 14.3. The predicted octanol–water partition coefficient (Wildman–Crippen LogP) is 3.07. The van der Waals surface area contributed by atoms with Crippen LogP contribution in [0.2, 0.25) is 0 Å². The molecule has 0 aliphatic heterocycles. The van der Waals surface area contributed by atoms with Crippen molar-refractivity contribution in [2.75, 3.05) is 19.0 Å². The van der Waals surface area contributed by atoms with E-state index in [-0.39, 0.29) is 11.9 Å². The average molecular weight is 380 g/mol. The number of hydrogen-bond donors (Lipinski definition) is 2. The maximum absolute atomic E-state index is 12.8. The molecule has 28 heavy (non-hydrogen) atoms. The normalized spacial score (nSPS) is 11.7. The predicted molar refractivity (Wildman–Crippen MR) is 109 cm³/mol. The van der Waals surface area contributed by atoms with Crippen molar-refractivity contribution in [1.82, 2.24) is 9.78 Å². The van der Waals surface area contributed by atoms with E-state index in [2.05, 4.69) is 10.4 Å². The molecule has 3 rings (SSSR count). The molecule has 1 unspecified atom stereocenters. The number of aryl methyl sites for hydroxylation is 1. The van der Waals surface area contributed by atoms with Crippen molar-refractivity contribution in [2.24, 2.45) is 12.8 Å². The van der Waals surface area contributed by atoms with E-state index in [9.17, 15) is 4.79 Å².